The molecule has 0 radical (unpaired) electrons. The summed E-state index contributed by atoms with van der Waals surface area (Å²) in [6, 6.07) is 19.0. The quantitative estimate of drug-likeness (QED) is 0.206. The summed E-state index contributed by atoms with van der Waals surface area (Å²) in [5.74, 6) is 1.52. The minimum absolute atomic E-state index is 0.167. The second-order valence-electron chi connectivity index (χ2n) is 10.3. The molecule has 2 aliphatic rings. The van der Waals surface area contributed by atoms with Gasteiger partial charge < -0.3 is 0 Å². The highest BCUT2D eigenvalue weighted by Crippen LogP contribution is 2.49. The molecular weight excluding hydrogens is 436 g/mol. The molecule has 34 heavy (non-hydrogen) atoms. The average Bonchev–Trinajstić information content (AvgIpc) is 2.87. The van der Waals surface area contributed by atoms with Crippen LogP contribution in [0.3, 0.4) is 0 Å². The molecule has 0 saturated heterocycles. The molecule has 0 N–H and O–H groups in total. The van der Waals surface area contributed by atoms with Crippen molar-refractivity contribution in [3.8, 4) is 11.3 Å². The van der Waals surface area contributed by atoms with E-state index >= 15 is 0 Å². The summed E-state index contributed by atoms with van der Waals surface area (Å²) in [4.78, 5) is 19.7. The summed E-state index contributed by atoms with van der Waals surface area (Å²) >= 11 is 1.74. The number of hydrogen-bond acceptors (Lipinski definition) is 3. The molecule has 0 aliphatic heterocycles. The Morgan fingerprint density at radius 2 is 1.76 bits per heavy atom. The van der Waals surface area contributed by atoms with Crippen molar-refractivity contribution < 1.29 is 0 Å². The highest BCUT2D eigenvalue weighted by atomic mass is 32.2. The van der Waals surface area contributed by atoms with E-state index in [4.69, 9.17) is 4.98 Å². The summed E-state index contributed by atoms with van der Waals surface area (Å²) in [6.45, 7) is 5.15. The highest BCUT2D eigenvalue weighted by Gasteiger charge is 2.44. The zero-order valence-corrected chi connectivity index (χ0v) is 21.4. The fourth-order valence-electron chi connectivity index (χ4n) is 6.05. The summed E-state index contributed by atoms with van der Waals surface area (Å²) in [7, 11) is 0. The number of thioether (sulfide) groups is 1. The van der Waals surface area contributed by atoms with Crippen molar-refractivity contribution >= 4 is 11.8 Å². The van der Waals surface area contributed by atoms with Gasteiger partial charge in [-0.1, -0.05) is 106 Å². The molecule has 1 unspecified atom stereocenters. The molecule has 1 fully saturated rings. The molecule has 0 spiro atoms. The predicted molar refractivity (Wildman–Crippen MR) is 143 cm³/mol. The number of benzene rings is 2. The lowest BCUT2D eigenvalue weighted by molar-refractivity contribution is 0.212. The van der Waals surface area contributed by atoms with Gasteiger partial charge in [0, 0.05) is 16.7 Å². The molecule has 178 valence electrons. The second-order valence-corrected chi connectivity index (χ2v) is 11.3. The molecule has 1 atom stereocenters. The van der Waals surface area contributed by atoms with Gasteiger partial charge in [0.2, 0.25) is 0 Å². The first-order chi connectivity index (χ1) is 16.6. The van der Waals surface area contributed by atoms with Gasteiger partial charge in [-0.15, -0.1) is 0 Å². The lowest BCUT2D eigenvalue weighted by Gasteiger charge is -2.44. The van der Waals surface area contributed by atoms with E-state index < -0.39 is 0 Å². The lowest BCUT2D eigenvalue weighted by atomic mass is 9.60. The van der Waals surface area contributed by atoms with Crippen molar-refractivity contribution in [3.63, 3.8) is 0 Å². The number of fused-ring (bicyclic) bond motifs is 3. The maximum atomic E-state index is 14.4. The van der Waals surface area contributed by atoms with Gasteiger partial charge in [0.25, 0.3) is 5.56 Å². The SMILES string of the molecule is CCCCSc1nc2c(c(=O)n1Cc1ccccc1)C(C)(C1CCCCC1)Cc1ccccc1-2. The Kier molecular flexibility index (Phi) is 6.96. The van der Waals surface area contributed by atoms with E-state index in [2.05, 4.69) is 62.4 Å². The Hall–Kier alpha value is -2.33. The van der Waals surface area contributed by atoms with E-state index in [-0.39, 0.29) is 11.0 Å². The monoisotopic (exact) mass is 472 g/mol. The van der Waals surface area contributed by atoms with Gasteiger partial charge in [0.15, 0.2) is 5.16 Å². The van der Waals surface area contributed by atoms with Crippen LogP contribution in [0.1, 0.15) is 75.5 Å². The Bertz CT molecular complexity index is 1200. The van der Waals surface area contributed by atoms with E-state index in [1.165, 1.54) is 37.7 Å². The van der Waals surface area contributed by atoms with Crippen molar-refractivity contribution in [1.82, 2.24) is 9.55 Å². The van der Waals surface area contributed by atoms with Crippen molar-refractivity contribution in [1.29, 1.82) is 0 Å². The Labute approximate surface area is 208 Å². The minimum Gasteiger partial charge on any atom is -0.283 e. The fraction of sp³-hybridized carbons (Fsp3) is 0.467. The highest BCUT2D eigenvalue weighted by molar-refractivity contribution is 7.99. The standard InChI is InChI=1S/C30H36N2OS/c1-3-4-19-34-29-31-27-25-18-12-11-15-23(25)20-30(2,24-16-9-6-10-17-24)26(27)28(33)32(29)21-22-13-7-5-8-14-22/h5,7-8,11-15,18,24H,3-4,6,9-10,16-17,19-21H2,1-2H3. The molecule has 5 rings (SSSR count). The van der Waals surface area contributed by atoms with Crippen LogP contribution in [-0.2, 0) is 18.4 Å². The van der Waals surface area contributed by atoms with Gasteiger partial charge in [-0.25, -0.2) is 4.98 Å². The van der Waals surface area contributed by atoms with Gasteiger partial charge in [-0.3, -0.25) is 9.36 Å². The number of unbranched alkanes of at least 4 members (excludes halogenated alkanes) is 1. The number of aromatic nitrogens is 2. The van der Waals surface area contributed by atoms with Gasteiger partial charge in [0.05, 0.1) is 17.8 Å². The van der Waals surface area contributed by atoms with Crippen LogP contribution in [0.4, 0.5) is 0 Å². The molecule has 4 heteroatoms. The topological polar surface area (TPSA) is 34.9 Å². The molecule has 1 heterocycles. The largest absolute Gasteiger partial charge is 0.283 e. The first kappa shape index (κ1) is 23.4. The number of nitrogens with zero attached hydrogens (tertiary/aromatic N) is 2. The van der Waals surface area contributed by atoms with Crippen molar-refractivity contribution in [2.24, 2.45) is 5.92 Å². The third kappa shape index (κ3) is 4.37. The zero-order valence-electron chi connectivity index (χ0n) is 20.6. The van der Waals surface area contributed by atoms with E-state index in [0.717, 1.165) is 52.6 Å². The van der Waals surface area contributed by atoms with E-state index in [1.54, 1.807) is 11.8 Å². The molecule has 2 aliphatic carbocycles. The molecular formula is C30H36N2OS. The molecule has 2 aromatic carbocycles. The second kappa shape index (κ2) is 10.1. The van der Waals surface area contributed by atoms with Gasteiger partial charge in [-0.2, -0.15) is 0 Å². The summed E-state index contributed by atoms with van der Waals surface area (Å²) in [6.07, 6.45) is 9.49. The van der Waals surface area contributed by atoms with E-state index in [9.17, 15) is 4.79 Å². The van der Waals surface area contributed by atoms with Crippen LogP contribution in [0.2, 0.25) is 0 Å². The summed E-state index contributed by atoms with van der Waals surface area (Å²) in [5.41, 5.74) is 5.58. The van der Waals surface area contributed by atoms with Crippen molar-refractivity contribution in [2.75, 3.05) is 5.75 Å². The van der Waals surface area contributed by atoms with Crippen LogP contribution in [0.25, 0.3) is 11.3 Å². The van der Waals surface area contributed by atoms with E-state index in [0.29, 0.717) is 12.5 Å². The van der Waals surface area contributed by atoms with Crippen LogP contribution in [-0.4, -0.2) is 15.3 Å². The van der Waals surface area contributed by atoms with Gasteiger partial charge in [-0.05, 0) is 42.7 Å². The Balaban J connectivity index is 1.71. The Morgan fingerprint density at radius 1 is 1.03 bits per heavy atom. The van der Waals surface area contributed by atoms with Crippen LogP contribution in [0.5, 0.6) is 0 Å². The lowest BCUT2D eigenvalue weighted by Crippen LogP contribution is -2.45. The average molecular weight is 473 g/mol. The molecule has 3 nitrogen and oxygen atoms in total. The smallest absolute Gasteiger partial charge is 0.258 e. The van der Waals surface area contributed by atoms with Crippen molar-refractivity contribution in [2.45, 2.75) is 82.3 Å². The first-order valence-electron chi connectivity index (χ1n) is 13.0. The minimum atomic E-state index is -0.167. The normalized spacial score (nSPS) is 20.1. The fourth-order valence-corrected chi connectivity index (χ4v) is 7.12. The van der Waals surface area contributed by atoms with E-state index in [1.807, 2.05) is 10.6 Å². The molecule has 1 saturated carbocycles. The van der Waals surface area contributed by atoms with Crippen molar-refractivity contribution in [3.05, 3.63) is 81.6 Å². The summed E-state index contributed by atoms with van der Waals surface area (Å²) < 4.78 is 1.98. The Morgan fingerprint density at radius 3 is 2.53 bits per heavy atom. The maximum absolute atomic E-state index is 14.4. The maximum Gasteiger partial charge on any atom is 0.258 e. The molecule has 0 bridgehead atoms. The molecule has 0 amide bonds. The van der Waals surface area contributed by atoms with Crippen LogP contribution < -0.4 is 5.56 Å². The molecule has 1 aromatic heterocycles. The first-order valence-corrected chi connectivity index (χ1v) is 14.0. The number of rotatable bonds is 7. The van der Waals surface area contributed by atoms with Crippen LogP contribution in [0, 0.1) is 5.92 Å². The van der Waals surface area contributed by atoms with Gasteiger partial charge in [0.1, 0.15) is 0 Å². The van der Waals surface area contributed by atoms with Crippen LogP contribution >= 0.6 is 11.8 Å². The third-order valence-electron chi connectivity index (χ3n) is 7.95. The third-order valence-corrected chi connectivity index (χ3v) is 9.02. The predicted octanol–water partition coefficient (Wildman–Crippen LogP) is 7.24. The number of hydrogen-bond donors (Lipinski definition) is 0. The summed E-state index contributed by atoms with van der Waals surface area (Å²) in [5, 5.41) is 0.865. The molecule has 3 aromatic rings. The van der Waals surface area contributed by atoms with Crippen LogP contribution in [0.15, 0.2) is 64.5 Å². The van der Waals surface area contributed by atoms with Gasteiger partial charge >= 0.3 is 0 Å². The zero-order chi connectivity index (χ0) is 23.5.